The zero-order valence-electron chi connectivity index (χ0n) is 10.9. The molecule has 2 N–H and O–H groups in total. The molecule has 4 heteroatoms. The van der Waals surface area contributed by atoms with Crippen molar-refractivity contribution < 1.29 is 4.39 Å². The minimum Gasteiger partial charge on any atom is -0.329 e. The van der Waals surface area contributed by atoms with E-state index in [0.717, 1.165) is 24.9 Å². The molecule has 0 radical (unpaired) electrons. The van der Waals surface area contributed by atoms with Crippen molar-refractivity contribution in [2.24, 2.45) is 5.73 Å². The number of nitrogens with zero attached hydrogens (tertiary/aromatic N) is 1. The smallest absolute Gasteiger partial charge is 0.123 e. The highest BCUT2D eigenvalue weighted by molar-refractivity contribution is 7.99. The highest BCUT2D eigenvalue weighted by atomic mass is 32.2. The quantitative estimate of drug-likeness (QED) is 0.909. The first-order chi connectivity index (χ1) is 8.66. The molecular formula is C14H21FN2S. The molecule has 0 unspecified atom stereocenters. The van der Waals surface area contributed by atoms with Gasteiger partial charge in [-0.15, -0.1) is 0 Å². The average Bonchev–Trinajstić information content (AvgIpc) is 2.39. The van der Waals surface area contributed by atoms with Crippen LogP contribution in [0.2, 0.25) is 0 Å². The molecule has 1 fully saturated rings. The van der Waals surface area contributed by atoms with E-state index in [-0.39, 0.29) is 11.4 Å². The maximum Gasteiger partial charge on any atom is 0.123 e. The van der Waals surface area contributed by atoms with E-state index in [1.54, 1.807) is 12.1 Å². The van der Waals surface area contributed by atoms with Crippen molar-refractivity contribution in [2.45, 2.75) is 24.9 Å². The molecule has 100 valence electrons. The van der Waals surface area contributed by atoms with Gasteiger partial charge in [-0.2, -0.15) is 11.8 Å². The first kappa shape index (κ1) is 13.8. The molecule has 1 heterocycles. The van der Waals surface area contributed by atoms with Crippen molar-refractivity contribution in [3.8, 4) is 0 Å². The topological polar surface area (TPSA) is 29.3 Å². The van der Waals surface area contributed by atoms with E-state index in [9.17, 15) is 4.39 Å². The predicted octanol–water partition coefficient (Wildman–Crippen LogP) is 2.48. The Morgan fingerprint density at radius 1 is 1.39 bits per heavy atom. The van der Waals surface area contributed by atoms with E-state index in [0.29, 0.717) is 6.54 Å². The van der Waals surface area contributed by atoms with Crippen LogP contribution in [0.3, 0.4) is 0 Å². The molecule has 0 atom stereocenters. The number of benzene rings is 1. The van der Waals surface area contributed by atoms with E-state index in [1.807, 2.05) is 17.8 Å². The molecule has 0 aliphatic carbocycles. The lowest BCUT2D eigenvalue weighted by atomic mass is 9.90. The summed E-state index contributed by atoms with van der Waals surface area (Å²) >= 11 is 2.00. The van der Waals surface area contributed by atoms with Gasteiger partial charge in [0.25, 0.3) is 0 Å². The summed E-state index contributed by atoms with van der Waals surface area (Å²) in [6, 6.07) is 6.84. The van der Waals surface area contributed by atoms with Gasteiger partial charge >= 0.3 is 0 Å². The predicted molar refractivity (Wildman–Crippen MR) is 76.2 cm³/mol. The number of halogens is 1. The van der Waals surface area contributed by atoms with Crippen molar-refractivity contribution in [2.75, 3.05) is 25.1 Å². The van der Waals surface area contributed by atoms with Gasteiger partial charge < -0.3 is 5.73 Å². The van der Waals surface area contributed by atoms with Gasteiger partial charge in [-0.05, 0) is 49.1 Å². The van der Waals surface area contributed by atoms with Gasteiger partial charge in [0.15, 0.2) is 0 Å². The lowest BCUT2D eigenvalue weighted by molar-refractivity contribution is 0.107. The van der Waals surface area contributed by atoms with Crippen molar-refractivity contribution in [3.05, 3.63) is 35.6 Å². The molecule has 1 saturated heterocycles. The van der Waals surface area contributed by atoms with Crippen LogP contribution in [0.25, 0.3) is 0 Å². The average molecular weight is 268 g/mol. The zero-order chi connectivity index (χ0) is 13.0. The van der Waals surface area contributed by atoms with Crippen LogP contribution in [0.15, 0.2) is 24.3 Å². The molecule has 1 aliphatic rings. The number of likely N-dealkylation sites (N-methyl/N-ethyl adjacent to an activating group) is 1. The summed E-state index contributed by atoms with van der Waals surface area (Å²) in [5.74, 6) is 2.18. The van der Waals surface area contributed by atoms with Crippen molar-refractivity contribution in [1.29, 1.82) is 0 Å². The summed E-state index contributed by atoms with van der Waals surface area (Å²) in [4.78, 5) is 2.31. The molecule has 0 saturated carbocycles. The van der Waals surface area contributed by atoms with Gasteiger partial charge in [0, 0.05) is 18.6 Å². The van der Waals surface area contributed by atoms with Crippen LogP contribution in [0.5, 0.6) is 0 Å². The van der Waals surface area contributed by atoms with E-state index in [1.165, 1.54) is 17.6 Å². The fourth-order valence-electron chi connectivity index (χ4n) is 2.57. The Morgan fingerprint density at radius 3 is 2.72 bits per heavy atom. The lowest BCUT2D eigenvalue weighted by Gasteiger charge is -2.44. The van der Waals surface area contributed by atoms with Crippen molar-refractivity contribution in [3.63, 3.8) is 0 Å². The van der Waals surface area contributed by atoms with Crippen LogP contribution >= 0.6 is 11.8 Å². The van der Waals surface area contributed by atoms with E-state index < -0.39 is 0 Å². The third-order valence-corrected chi connectivity index (χ3v) is 4.91. The second-order valence-electron chi connectivity index (χ2n) is 5.03. The minimum atomic E-state index is -0.165. The fourth-order valence-corrected chi connectivity index (χ4v) is 3.82. The minimum absolute atomic E-state index is 0.0948. The number of thioether (sulfide) groups is 1. The highest BCUT2D eigenvalue weighted by Crippen LogP contribution is 2.31. The third-order valence-electron chi connectivity index (χ3n) is 3.92. The molecule has 18 heavy (non-hydrogen) atoms. The van der Waals surface area contributed by atoms with Gasteiger partial charge in [-0.25, -0.2) is 4.39 Å². The monoisotopic (exact) mass is 268 g/mol. The molecule has 0 aromatic heterocycles. The van der Waals surface area contributed by atoms with Gasteiger partial charge in [-0.3, -0.25) is 4.90 Å². The van der Waals surface area contributed by atoms with Gasteiger partial charge in [0.05, 0.1) is 0 Å². The first-order valence-corrected chi connectivity index (χ1v) is 7.55. The largest absolute Gasteiger partial charge is 0.329 e. The van der Waals surface area contributed by atoms with Crippen LogP contribution in [-0.4, -0.2) is 35.5 Å². The standard InChI is InChI=1S/C14H21FN2S/c1-17(10-12-3-2-4-13(15)9-12)14(11-16)5-7-18-8-6-14/h2-4,9H,5-8,10-11,16H2,1H3. The summed E-state index contributed by atoms with van der Waals surface area (Å²) < 4.78 is 13.2. The molecule has 2 rings (SSSR count). The molecule has 0 amide bonds. The van der Waals surface area contributed by atoms with E-state index in [4.69, 9.17) is 5.73 Å². The molecule has 1 aromatic rings. The Balaban J connectivity index is 2.07. The fraction of sp³-hybridized carbons (Fsp3) is 0.571. The second kappa shape index (κ2) is 6.04. The van der Waals surface area contributed by atoms with Crippen molar-refractivity contribution >= 4 is 11.8 Å². The Bertz CT molecular complexity index is 391. The molecular weight excluding hydrogens is 247 g/mol. The van der Waals surface area contributed by atoms with E-state index in [2.05, 4.69) is 11.9 Å². The summed E-state index contributed by atoms with van der Waals surface area (Å²) in [5, 5.41) is 0. The molecule has 2 nitrogen and oxygen atoms in total. The number of nitrogens with two attached hydrogens (primary N) is 1. The third kappa shape index (κ3) is 3.05. The van der Waals surface area contributed by atoms with Crippen LogP contribution in [0.1, 0.15) is 18.4 Å². The van der Waals surface area contributed by atoms with E-state index >= 15 is 0 Å². The SMILES string of the molecule is CN(Cc1cccc(F)c1)C1(CN)CCSCC1. The molecule has 1 aromatic carbocycles. The Hall–Kier alpha value is -0.580. The first-order valence-electron chi connectivity index (χ1n) is 6.40. The zero-order valence-corrected chi connectivity index (χ0v) is 11.7. The number of rotatable bonds is 4. The highest BCUT2D eigenvalue weighted by Gasteiger charge is 2.34. The Morgan fingerprint density at radius 2 is 2.11 bits per heavy atom. The number of hydrogen-bond donors (Lipinski definition) is 1. The number of hydrogen-bond acceptors (Lipinski definition) is 3. The van der Waals surface area contributed by atoms with Gasteiger partial charge in [-0.1, -0.05) is 12.1 Å². The maximum absolute atomic E-state index is 13.2. The molecule has 0 spiro atoms. The van der Waals surface area contributed by atoms with Crippen LogP contribution in [-0.2, 0) is 6.54 Å². The van der Waals surface area contributed by atoms with Gasteiger partial charge in [0.1, 0.15) is 5.82 Å². The summed E-state index contributed by atoms with van der Waals surface area (Å²) in [5.41, 5.74) is 7.11. The van der Waals surface area contributed by atoms with Crippen LogP contribution < -0.4 is 5.73 Å². The van der Waals surface area contributed by atoms with Crippen molar-refractivity contribution in [1.82, 2.24) is 4.90 Å². The lowest BCUT2D eigenvalue weighted by Crippen LogP contribution is -2.53. The molecule has 1 aliphatic heterocycles. The summed E-state index contributed by atoms with van der Waals surface area (Å²) in [6.07, 6.45) is 2.25. The molecule has 0 bridgehead atoms. The normalized spacial score (nSPS) is 19.1. The van der Waals surface area contributed by atoms with Crippen LogP contribution in [0, 0.1) is 5.82 Å². The maximum atomic E-state index is 13.2. The van der Waals surface area contributed by atoms with Gasteiger partial charge in [0.2, 0.25) is 0 Å². The Kier molecular flexibility index (Phi) is 4.65. The summed E-state index contributed by atoms with van der Waals surface area (Å²) in [6.45, 7) is 1.44. The summed E-state index contributed by atoms with van der Waals surface area (Å²) in [7, 11) is 2.10. The van der Waals surface area contributed by atoms with Crippen LogP contribution in [0.4, 0.5) is 4.39 Å². The Labute approximate surface area is 113 Å². The second-order valence-corrected chi connectivity index (χ2v) is 6.25.